The summed E-state index contributed by atoms with van der Waals surface area (Å²) in [5.41, 5.74) is 1.51. The largest absolute Gasteiger partial charge is 0.366 e. The van der Waals surface area contributed by atoms with Crippen LogP contribution < -0.4 is 5.32 Å². The van der Waals surface area contributed by atoms with Gasteiger partial charge in [-0.05, 0) is 62.1 Å². The van der Waals surface area contributed by atoms with Gasteiger partial charge in [0.05, 0.1) is 5.69 Å². The summed E-state index contributed by atoms with van der Waals surface area (Å²) >= 11 is 0. The third kappa shape index (κ3) is 3.82. The lowest BCUT2D eigenvalue weighted by atomic mass is 9.90. The van der Waals surface area contributed by atoms with Gasteiger partial charge in [0, 0.05) is 30.5 Å². The van der Waals surface area contributed by atoms with Crippen LogP contribution in [0.5, 0.6) is 0 Å². The van der Waals surface area contributed by atoms with E-state index in [1.807, 2.05) is 12.1 Å². The van der Waals surface area contributed by atoms with E-state index in [9.17, 15) is 14.0 Å². The Hall–Kier alpha value is -2.83. The molecule has 2 fully saturated rings. The number of nitrogens with one attached hydrogen (secondary N) is 1. The average Bonchev–Trinajstić information content (AvgIpc) is 3.02. The molecule has 4 rings (SSSR count). The summed E-state index contributed by atoms with van der Waals surface area (Å²) in [7, 11) is 0. The third-order valence-electron chi connectivity index (χ3n) is 5.31. The minimum Gasteiger partial charge on any atom is -0.366 e. The number of anilines is 1. The van der Waals surface area contributed by atoms with Gasteiger partial charge in [-0.1, -0.05) is 0 Å². The molecule has 0 unspecified atom stereocenters. The molecule has 1 N–H and O–H groups in total. The predicted molar refractivity (Wildman–Crippen MR) is 98.2 cm³/mol. The number of rotatable bonds is 4. The molecular formula is C20H21FN4O2. The summed E-state index contributed by atoms with van der Waals surface area (Å²) in [5, 5.41) is 11.8. The van der Waals surface area contributed by atoms with Gasteiger partial charge in [-0.2, -0.15) is 0 Å². The maximum absolute atomic E-state index is 13.0. The van der Waals surface area contributed by atoms with Crippen LogP contribution in [0.4, 0.5) is 10.2 Å². The van der Waals surface area contributed by atoms with Crippen molar-refractivity contribution in [3.05, 3.63) is 42.2 Å². The molecule has 6 nitrogen and oxygen atoms in total. The minimum absolute atomic E-state index is 0.0290. The van der Waals surface area contributed by atoms with Gasteiger partial charge >= 0.3 is 0 Å². The minimum atomic E-state index is -0.280. The van der Waals surface area contributed by atoms with Gasteiger partial charge in [0.25, 0.3) is 0 Å². The molecule has 2 aromatic rings. The molecule has 2 aliphatic rings. The van der Waals surface area contributed by atoms with E-state index in [1.54, 1.807) is 12.1 Å². The standard InChI is InChI=1S/C20H21FN4O2/c21-14-3-1-13(2-4-14)17-9-10-18(24-23-17)22-15-5-7-16(8-6-15)25-19(26)11-12-20(25)27/h1-4,9-10,15-16H,5-8,11-12H2,(H,22,24). The van der Waals surface area contributed by atoms with Crippen molar-refractivity contribution in [2.75, 3.05) is 5.32 Å². The first-order chi connectivity index (χ1) is 13.1. The Bertz CT molecular complexity index is 814. The maximum Gasteiger partial charge on any atom is 0.229 e. The zero-order chi connectivity index (χ0) is 18.8. The highest BCUT2D eigenvalue weighted by Gasteiger charge is 2.36. The Labute approximate surface area is 156 Å². The second-order valence-electron chi connectivity index (χ2n) is 7.12. The Kier molecular flexibility index (Phi) is 4.83. The number of nitrogens with zero attached hydrogens (tertiary/aromatic N) is 3. The first-order valence-electron chi connectivity index (χ1n) is 9.31. The molecule has 0 atom stereocenters. The van der Waals surface area contributed by atoms with Crippen molar-refractivity contribution in [2.24, 2.45) is 0 Å². The van der Waals surface area contributed by atoms with Crippen LogP contribution in [-0.4, -0.2) is 39.0 Å². The summed E-state index contributed by atoms with van der Waals surface area (Å²) in [6, 6.07) is 10.2. The zero-order valence-electron chi connectivity index (χ0n) is 14.9. The van der Waals surface area contributed by atoms with Crippen LogP contribution in [0.3, 0.4) is 0 Å². The first-order valence-corrected chi connectivity index (χ1v) is 9.31. The SMILES string of the molecule is O=C1CCC(=O)N1C1CCC(Nc2ccc(-c3ccc(F)cc3)nn2)CC1. The van der Waals surface area contributed by atoms with E-state index in [-0.39, 0.29) is 29.7 Å². The quantitative estimate of drug-likeness (QED) is 0.839. The number of aromatic nitrogens is 2. The number of imide groups is 1. The summed E-state index contributed by atoms with van der Waals surface area (Å²) in [6.45, 7) is 0. The molecule has 1 aromatic carbocycles. The second-order valence-corrected chi connectivity index (χ2v) is 7.12. The van der Waals surface area contributed by atoms with Crippen LogP contribution in [-0.2, 0) is 9.59 Å². The molecule has 1 aromatic heterocycles. The van der Waals surface area contributed by atoms with Crippen molar-refractivity contribution in [2.45, 2.75) is 50.6 Å². The number of amides is 2. The van der Waals surface area contributed by atoms with Crippen molar-refractivity contribution in [1.29, 1.82) is 0 Å². The molecule has 1 saturated heterocycles. The molecule has 0 spiro atoms. The van der Waals surface area contributed by atoms with Gasteiger partial charge in [0.15, 0.2) is 0 Å². The molecule has 2 heterocycles. The van der Waals surface area contributed by atoms with Crippen molar-refractivity contribution >= 4 is 17.6 Å². The molecule has 7 heteroatoms. The Morgan fingerprint density at radius 3 is 2.15 bits per heavy atom. The van der Waals surface area contributed by atoms with E-state index in [2.05, 4.69) is 15.5 Å². The molecule has 0 radical (unpaired) electrons. The predicted octanol–water partition coefficient (Wildman–Crippen LogP) is 3.15. The van der Waals surface area contributed by atoms with E-state index < -0.39 is 0 Å². The number of benzene rings is 1. The topological polar surface area (TPSA) is 75.2 Å². The van der Waals surface area contributed by atoms with Gasteiger partial charge in [0.1, 0.15) is 11.6 Å². The van der Waals surface area contributed by atoms with Gasteiger partial charge < -0.3 is 5.32 Å². The molecule has 1 aliphatic heterocycles. The lowest BCUT2D eigenvalue weighted by molar-refractivity contribution is -0.141. The zero-order valence-corrected chi connectivity index (χ0v) is 14.9. The fraction of sp³-hybridized carbons (Fsp3) is 0.400. The third-order valence-corrected chi connectivity index (χ3v) is 5.31. The van der Waals surface area contributed by atoms with Crippen LogP contribution in [0, 0.1) is 5.82 Å². The number of carbonyl (C=O) groups is 2. The van der Waals surface area contributed by atoms with E-state index in [0.717, 1.165) is 31.2 Å². The molecule has 0 bridgehead atoms. The molecule has 1 aliphatic carbocycles. The molecule has 1 saturated carbocycles. The normalized spacial score (nSPS) is 22.9. The molecule has 2 amide bonds. The number of halogens is 1. The first kappa shape index (κ1) is 17.6. The lowest BCUT2D eigenvalue weighted by Crippen LogP contribution is -2.43. The van der Waals surface area contributed by atoms with E-state index in [4.69, 9.17) is 0 Å². The number of hydrogen-bond acceptors (Lipinski definition) is 5. The Morgan fingerprint density at radius 2 is 1.56 bits per heavy atom. The van der Waals surface area contributed by atoms with Crippen LogP contribution in [0.2, 0.25) is 0 Å². The fourth-order valence-corrected chi connectivity index (χ4v) is 3.87. The number of hydrogen-bond donors (Lipinski definition) is 1. The number of likely N-dealkylation sites (tertiary alicyclic amines) is 1. The summed E-state index contributed by atoms with van der Waals surface area (Å²) in [4.78, 5) is 25.2. The highest BCUT2D eigenvalue weighted by molar-refractivity contribution is 6.02. The highest BCUT2D eigenvalue weighted by Crippen LogP contribution is 2.29. The van der Waals surface area contributed by atoms with E-state index >= 15 is 0 Å². The molecule has 140 valence electrons. The van der Waals surface area contributed by atoms with Gasteiger partial charge in [-0.3, -0.25) is 14.5 Å². The van der Waals surface area contributed by atoms with Crippen LogP contribution >= 0.6 is 0 Å². The van der Waals surface area contributed by atoms with Gasteiger partial charge in [0.2, 0.25) is 11.8 Å². The second kappa shape index (κ2) is 7.42. The van der Waals surface area contributed by atoms with Gasteiger partial charge in [-0.15, -0.1) is 10.2 Å². The smallest absolute Gasteiger partial charge is 0.229 e. The van der Waals surface area contributed by atoms with Crippen molar-refractivity contribution in [3.8, 4) is 11.3 Å². The fourth-order valence-electron chi connectivity index (χ4n) is 3.87. The van der Waals surface area contributed by atoms with Crippen LogP contribution in [0.25, 0.3) is 11.3 Å². The van der Waals surface area contributed by atoms with Crippen LogP contribution in [0.15, 0.2) is 36.4 Å². The monoisotopic (exact) mass is 368 g/mol. The molecular weight excluding hydrogens is 347 g/mol. The molecule has 27 heavy (non-hydrogen) atoms. The maximum atomic E-state index is 13.0. The van der Waals surface area contributed by atoms with Crippen LogP contribution in [0.1, 0.15) is 38.5 Å². The Balaban J connectivity index is 1.33. The summed E-state index contributed by atoms with van der Waals surface area (Å²) in [6.07, 6.45) is 4.10. The van der Waals surface area contributed by atoms with Crippen molar-refractivity contribution < 1.29 is 14.0 Å². The van der Waals surface area contributed by atoms with Crippen molar-refractivity contribution in [3.63, 3.8) is 0 Å². The van der Waals surface area contributed by atoms with E-state index in [1.165, 1.54) is 17.0 Å². The lowest BCUT2D eigenvalue weighted by Gasteiger charge is -2.33. The average molecular weight is 368 g/mol. The van der Waals surface area contributed by atoms with E-state index in [0.29, 0.717) is 24.4 Å². The summed E-state index contributed by atoms with van der Waals surface area (Å²) in [5.74, 6) is 0.355. The highest BCUT2D eigenvalue weighted by atomic mass is 19.1. The van der Waals surface area contributed by atoms with Crippen molar-refractivity contribution in [1.82, 2.24) is 15.1 Å². The number of carbonyl (C=O) groups excluding carboxylic acids is 2. The Morgan fingerprint density at radius 1 is 0.889 bits per heavy atom. The summed E-state index contributed by atoms with van der Waals surface area (Å²) < 4.78 is 13.0. The van der Waals surface area contributed by atoms with Gasteiger partial charge in [-0.25, -0.2) is 4.39 Å².